The van der Waals surface area contributed by atoms with Crippen LogP contribution in [0.15, 0.2) is 60.7 Å². The van der Waals surface area contributed by atoms with Crippen LogP contribution in [-0.2, 0) is 12.8 Å². The topological polar surface area (TPSA) is 37.3 Å². The number of aryl methyl sites for hydroxylation is 2. The smallest absolute Gasteiger partial charge is 0.335 e. The molecule has 3 aromatic rings. The average Bonchev–Trinajstić information content (AvgIpc) is 2.67. The van der Waals surface area contributed by atoms with Crippen LogP contribution in [0.2, 0.25) is 10.0 Å². The number of carboxylic acid groups (broad SMARTS) is 1. The highest BCUT2D eigenvalue weighted by molar-refractivity contribution is 6.35. The Morgan fingerprint density at radius 3 is 2.36 bits per heavy atom. The van der Waals surface area contributed by atoms with Crippen molar-refractivity contribution in [2.45, 2.75) is 12.8 Å². The van der Waals surface area contributed by atoms with Crippen LogP contribution in [0.25, 0.3) is 0 Å². The van der Waals surface area contributed by atoms with Gasteiger partial charge in [-0.15, -0.1) is 0 Å². The molecule has 0 aliphatic rings. The summed E-state index contributed by atoms with van der Waals surface area (Å²) in [6.45, 7) is 0. The molecule has 140 valence electrons. The van der Waals surface area contributed by atoms with Crippen molar-refractivity contribution in [3.63, 3.8) is 0 Å². The molecule has 0 fully saturated rings. The number of rotatable bonds is 4. The monoisotopic (exact) mass is 412 g/mol. The van der Waals surface area contributed by atoms with E-state index in [4.69, 9.17) is 28.3 Å². The van der Waals surface area contributed by atoms with E-state index >= 15 is 0 Å². The molecule has 0 amide bonds. The SMILES string of the molecule is O=C(O)c1ccc(CCc2cc(Cl)cc(Cl)c2C#Cc2ccccc2F)cc1. The van der Waals surface area contributed by atoms with Crippen molar-refractivity contribution < 1.29 is 14.3 Å². The number of hydrogen-bond donors (Lipinski definition) is 1. The predicted octanol–water partition coefficient (Wildman–Crippen LogP) is 6.02. The van der Waals surface area contributed by atoms with Gasteiger partial charge in [-0.25, -0.2) is 9.18 Å². The molecule has 0 unspecified atom stereocenters. The number of aromatic carboxylic acids is 1. The molecule has 1 N–H and O–H groups in total. The first-order valence-electron chi connectivity index (χ1n) is 8.51. The third-order valence-corrected chi connectivity index (χ3v) is 4.73. The number of carboxylic acids is 1. The minimum absolute atomic E-state index is 0.242. The van der Waals surface area contributed by atoms with Crippen molar-refractivity contribution in [1.29, 1.82) is 0 Å². The number of halogens is 3. The van der Waals surface area contributed by atoms with Crippen molar-refractivity contribution in [1.82, 2.24) is 0 Å². The molecule has 3 rings (SSSR count). The Morgan fingerprint density at radius 1 is 0.964 bits per heavy atom. The van der Waals surface area contributed by atoms with Crippen LogP contribution in [0.5, 0.6) is 0 Å². The van der Waals surface area contributed by atoms with E-state index in [1.807, 2.05) is 0 Å². The zero-order valence-electron chi connectivity index (χ0n) is 14.7. The standard InChI is InChI=1S/C23H15Cl2FO2/c24-19-13-18(10-7-15-5-8-17(9-6-15)23(27)28)20(21(25)14-19)12-11-16-3-1-2-4-22(16)26/h1-6,8-9,13-14H,7,10H2,(H,27,28). The largest absolute Gasteiger partial charge is 0.478 e. The Labute approximate surface area is 172 Å². The fourth-order valence-corrected chi connectivity index (χ4v) is 3.33. The minimum atomic E-state index is -0.959. The molecule has 0 aliphatic carbocycles. The quantitative estimate of drug-likeness (QED) is 0.532. The molecular weight excluding hydrogens is 398 g/mol. The molecule has 0 heterocycles. The van der Waals surface area contributed by atoms with E-state index in [2.05, 4.69) is 11.8 Å². The fourth-order valence-electron chi connectivity index (χ4n) is 2.75. The maximum absolute atomic E-state index is 13.8. The van der Waals surface area contributed by atoms with E-state index in [0.717, 1.165) is 11.1 Å². The molecule has 0 bridgehead atoms. The molecule has 28 heavy (non-hydrogen) atoms. The second kappa shape index (κ2) is 8.93. The summed E-state index contributed by atoms with van der Waals surface area (Å²) < 4.78 is 13.8. The van der Waals surface area contributed by atoms with Crippen LogP contribution in [0.4, 0.5) is 4.39 Å². The molecule has 0 aromatic heterocycles. The van der Waals surface area contributed by atoms with Crippen molar-refractivity contribution in [3.8, 4) is 11.8 Å². The van der Waals surface area contributed by atoms with E-state index < -0.39 is 5.97 Å². The lowest BCUT2D eigenvalue weighted by Gasteiger charge is -2.08. The van der Waals surface area contributed by atoms with Crippen molar-refractivity contribution in [3.05, 3.63) is 104 Å². The summed E-state index contributed by atoms with van der Waals surface area (Å²) in [5, 5.41) is 9.89. The van der Waals surface area contributed by atoms with Crippen LogP contribution in [-0.4, -0.2) is 11.1 Å². The summed E-state index contributed by atoms with van der Waals surface area (Å²) >= 11 is 12.5. The van der Waals surface area contributed by atoms with E-state index in [9.17, 15) is 9.18 Å². The Morgan fingerprint density at radius 2 is 1.68 bits per heavy atom. The second-order valence-electron chi connectivity index (χ2n) is 6.15. The van der Waals surface area contributed by atoms with E-state index in [1.165, 1.54) is 6.07 Å². The molecule has 0 atom stereocenters. The summed E-state index contributed by atoms with van der Waals surface area (Å²) in [5.41, 5.74) is 2.98. The van der Waals surface area contributed by atoms with Crippen LogP contribution < -0.4 is 0 Å². The molecule has 3 aromatic carbocycles. The number of benzene rings is 3. The molecule has 0 spiro atoms. The van der Waals surface area contributed by atoms with Crippen molar-refractivity contribution in [2.24, 2.45) is 0 Å². The Bertz CT molecular complexity index is 1080. The lowest BCUT2D eigenvalue weighted by atomic mass is 9.99. The van der Waals surface area contributed by atoms with E-state index in [-0.39, 0.29) is 11.4 Å². The lowest BCUT2D eigenvalue weighted by molar-refractivity contribution is 0.0697. The third kappa shape index (κ3) is 4.92. The van der Waals surface area contributed by atoms with E-state index in [0.29, 0.717) is 34.0 Å². The van der Waals surface area contributed by atoms with Gasteiger partial charge in [0.15, 0.2) is 0 Å². The summed E-state index contributed by atoms with van der Waals surface area (Å²) in [6, 6.07) is 16.4. The Hall–Kier alpha value is -2.80. The highest BCUT2D eigenvalue weighted by Crippen LogP contribution is 2.26. The molecule has 2 nitrogen and oxygen atoms in total. The maximum Gasteiger partial charge on any atom is 0.335 e. The summed E-state index contributed by atoms with van der Waals surface area (Å²) in [5.74, 6) is 4.45. The Balaban J connectivity index is 1.87. The van der Waals surface area contributed by atoms with Gasteiger partial charge in [0.25, 0.3) is 0 Å². The Kier molecular flexibility index (Phi) is 6.36. The lowest BCUT2D eigenvalue weighted by Crippen LogP contribution is -1.99. The normalized spacial score (nSPS) is 10.2. The van der Waals surface area contributed by atoms with Crippen LogP contribution in [0, 0.1) is 17.7 Å². The van der Waals surface area contributed by atoms with Gasteiger partial charge in [0.2, 0.25) is 0 Å². The van der Waals surface area contributed by atoms with Crippen LogP contribution >= 0.6 is 23.2 Å². The molecule has 0 aliphatic heterocycles. The fraction of sp³-hybridized carbons (Fsp3) is 0.0870. The van der Waals surface area contributed by atoms with Gasteiger partial charge < -0.3 is 5.11 Å². The first-order valence-corrected chi connectivity index (χ1v) is 9.26. The predicted molar refractivity (Wildman–Crippen MR) is 110 cm³/mol. The maximum atomic E-state index is 13.8. The molecule has 0 saturated carbocycles. The van der Waals surface area contributed by atoms with Gasteiger partial charge in [0, 0.05) is 10.6 Å². The van der Waals surface area contributed by atoms with Crippen LogP contribution in [0.1, 0.15) is 32.6 Å². The highest BCUT2D eigenvalue weighted by Gasteiger charge is 2.09. The van der Waals surface area contributed by atoms with Gasteiger partial charge in [-0.1, -0.05) is 59.3 Å². The highest BCUT2D eigenvalue weighted by atomic mass is 35.5. The van der Waals surface area contributed by atoms with Gasteiger partial charge in [0.05, 0.1) is 16.1 Å². The molecule has 0 radical (unpaired) electrons. The third-order valence-electron chi connectivity index (χ3n) is 4.22. The number of carbonyl (C=O) groups is 1. The summed E-state index contributed by atoms with van der Waals surface area (Å²) in [4.78, 5) is 11.0. The zero-order chi connectivity index (χ0) is 20.1. The second-order valence-corrected chi connectivity index (χ2v) is 7.00. The van der Waals surface area contributed by atoms with E-state index in [1.54, 1.807) is 54.6 Å². The van der Waals surface area contributed by atoms with Gasteiger partial charge >= 0.3 is 5.97 Å². The van der Waals surface area contributed by atoms with Gasteiger partial charge in [-0.3, -0.25) is 0 Å². The molecular formula is C23H15Cl2FO2. The molecule has 5 heteroatoms. The van der Waals surface area contributed by atoms with Gasteiger partial charge in [-0.05, 0) is 60.4 Å². The summed E-state index contributed by atoms with van der Waals surface area (Å²) in [6.07, 6.45) is 1.26. The van der Waals surface area contributed by atoms with Gasteiger partial charge in [-0.2, -0.15) is 0 Å². The zero-order valence-corrected chi connectivity index (χ0v) is 16.2. The first-order chi connectivity index (χ1) is 13.4. The van der Waals surface area contributed by atoms with Gasteiger partial charge in [0.1, 0.15) is 5.82 Å². The van der Waals surface area contributed by atoms with Crippen LogP contribution in [0.3, 0.4) is 0 Å². The first kappa shape index (κ1) is 19.9. The molecule has 0 saturated heterocycles. The number of hydrogen-bond acceptors (Lipinski definition) is 1. The summed E-state index contributed by atoms with van der Waals surface area (Å²) in [7, 11) is 0. The van der Waals surface area contributed by atoms with Crippen molar-refractivity contribution >= 4 is 29.2 Å². The minimum Gasteiger partial charge on any atom is -0.478 e. The average molecular weight is 413 g/mol. The van der Waals surface area contributed by atoms with Crippen molar-refractivity contribution in [2.75, 3.05) is 0 Å².